The number of unbranched alkanes of at least 4 members (excludes halogenated alkanes) is 1. The zero-order valence-corrected chi connectivity index (χ0v) is 6.99. The topological polar surface area (TPSA) is 52.6 Å². The van der Waals surface area contributed by atoms with Gasteiger partial charge >= 0.3 is 12.6 Å². The Morgan fingerprint density at radius 2 is 2.17 bits per heavy atom. The number of rotatable bonds is 5. The fraction of sp³-hybridized carbons (Fsp3) is 0.500. The van der Waals surface area contributed by atoms with Gasteiger partial charge in [-0.2, -0.15) is 0 Å². The van der Waals surface area contributed by atoms with Crippen LogP contribution in [0.5, 0.6) is 0 Å². The zero-order chi connectivity index (χ0) is 9.23. The van der Waals surface area contributed by atoms with E-state index in [1.54, 1.807) is 6.08 Å². The first kappa shape index (κ1) is 10.7. The predicted molar refractivity (Wildman–Crippen MR) is 42.5 cm³/mol. The van der Waals surface area contributed by atoms with Crippen molar-refractivity contribution in [2.45, 2.75) is 19.8 Å². The highest BCUT2D eigenvalue weighted by atomic mass is 16.7. The van der Waals surface area contributed by atoms with E-state index in [0.717, 1.165) is 12.8 Å². The van der Waals surface area contributed by atoms with E-state index < -0.39 is 6.16 Å². The van der Waals surface area contributed by atoms with E-state index >= 15 is 0 Å². The fourth-order valence-corrected chi connectivity index (χ4v) is 0.542. The van der Waals surface area contributed by atoms with Crippen LogP contribution >= 0.6 is 0 Å². The maximum Gasteiger partial charge on any atom is 0.516 e. The Labute approximate surface area is 71.2 Å². The molecular formula is C8H12O4. The molecule has 0 aromatic heterocycles. The van der Waals surface area contributed by atoms with Crippen molar-refractivity contribution in [3.63, 3.8) is 0 Å². The average molecular weight is 172 g/mol. The second-order valence-corrected chi connectivity index (χ2v) is 2.04. The highest BCUT2D eigenvalue weighted by molar-refractivity contribution is 5.69. The van der Waals surface area contributed by atoms with Crippen LogP contribution in [0.25, 0.3) is 0 Å². The number of allylic oxidation sites excluding steroid dienone is 1. The summed E-state index contributed by atoms with van der Waals surface area (Å²) in [5.74, 6) is 0. The van der Waals surface area contributed by atoms with Crippen LogP contribution in [0.3, 0.4) is 0 Å². The molecule has 0 saturated heterocycles. The quantitative estimate of drug-likeness (QED) is 0.274. The molecule has 0 saturated carbocycles. The lowest BCUT2D eigenvalue weighted by Crippen LogP contribution is -2.05. The summed E-state index contributed by atoms with van der Waals surface area (Å²) in [5.41, 5.74) is 0. The SMILES string of the molecule is CCCC=CCOC(=O)OC=O. The lowest BCUT2D eigenvalue weighted by molar-refractivity contribution is -0.125. The number of ether oxygens (including phenoxy) is 2. The van der Waals surface area contributed by atoms with Gasteiger partial charge in [0, 0.05) is 0 Å². The summed E-state index contributed by atoms with van der Waals surface area (Å²) in [6.45, 7) is 2.23. The van der Waals surface area contributed by atoms with Crippen molar-refractivity contribution in [3.8, 4) is 0 Å². The molecule has 68 valence electrons. The van der Waals surface area contributed by atoms with Crippen LogP contribution in [-0.2, 0) is 14.3 Å². The number of hydrogen-bond donors (Lipinski definition) is 0. The van der Waals surface area contributed by atoms with Gasteiger partial charge in [-0.15, -0.1) is 0 Å². The van der Waals surface area contributed by atoms with E-state index in [0.29, 0.717) is 0 Å². The molecule has 0 amide bonds. The molecule has 0 spiro atoms. The largest absolute Gasteiger partial charge is 0.516 e. The molecular weight excluding hydrogens is 160 g/mol. The fourth-order valence-electron chi connectivity index (χ4n) is 0.542. The van der Waals surface area contributed by atoms with E-state index in [4.69, 9.17) is 0 Å². The van der Waals surface area contributed by atoms with Gasteiger partial charge in [0.15, 0.2) is 0 Å². The van der Waals surface area contributed by atoms with Crippen molar-refractivity contribution in [1.82, 2.24) is 0 Å². The van der Waals surface area contributed by atoms with Crippen LogP contribution < -0.4 is 0 Å². The van der Waals surface area contributed by atoms with Crippen molar-refractivity contribution >= 4 is 12.6 Å². The molecule has 0 aromatic carbocycles. The maximum absolute atomic E-state index is 10.4. The lowest BCUT2D eigenvalue weighted by Gasteiger charge is -1.95. The van der Waals surface area contributed by atoms with Gasteiger partial charge in [-0.3, -0.25) is 4.79 Å². The van der Waals surface area contributed by atoms with E-state index in [1.807, 2.05) is 13.0 Å². The Morgan fingerprint density at radius 1 is 1.42 bits per heavy atom. The smallest absolute Gasteiger partial charge is 0.430 e. The van der Waals surface area contributed by atoms with Crippen LogP contribution in [0, 0.1) is 0 Å². The van der Waals surface area contributed by atoms with Crippen molar-refractivity contribution in [2.75, 3.05) is 6.61 Å². The van der Waals surface area contributed by atoms with Gasteiger partial charge in [-0.05, 0) is 6.42 Å². The normalized spacial score (nSPS) is 9.75. The first-order valence-corrected chi connectivity index (χ1v) is 3.73. The first-order chi connectivity index (χ1) is 5.81. The van der Waals surface area contributed by atoms with E-state index in [1.165, 1.54) is 0 Å². The molecule has 0 N–H and O–H groups in total. The van der Waals surface area contributed by atoms with Crippen molar-refractivity contribution in [2.24, 2.45) is 0 Å². The summed E-state index contributed by atoms with van der Waals surface area (Å²) in [7, 11) is 0. The molecule has 0 atom stereocenters. The Bertz CT molecular complexity index is 162. The maximum atomic E-state index is 10.4. The minimum atomic E-state index is -0.967. The molecule has 0 radical (unpaired) electrons. The molecule has 12 heavy (non-hydrogen) atoms. The summed E-state index contributed by atoms with van der Waals surface area (Å²) in [4.78, 5) is 20.0. The number of carbonyl (C=O) groups excluding carboxylic acids is 2. The van der Waals surface area contributed by atoms with Gasteiger partial charge < -0.3 is 9.47 Å². The van der Waals surface area contributed by atoms with Crippen LogP contribution in [0.15, 0.2) is 12.2 Å². The Balaban J connectivity index is 3.29. The standard InChI is InChI=1S/C8H12O4/c1-2-3-4-5-6-11-8(10)12-7-9/h4-5,7H,2-3,6H2,1H3. The Kier molecular flexibility index (Phi) is 6.93. The molecule has 0 aliphatic rings. The van der Waals surface area contributed by atoms with Crippen LogP contribution in [0.1, 0.15) is 19.8 Å². The Morgan fingerprint density at radius 3 is 2.75 bits per heavy atom. The van der Waals surface area contributed by atoms with Crippen molar-refractivity contribution < 1.29 is 19.1 Å². The van der Waals surface area contributed by atoms with E-state index in [9.17, 15) is 9.59 Å². The van der Waals surface area contributed by atoms with E-state index in [2.05, 4.69) is 9.47 Å². The highest BCUT2D eigenvalue weighted by Crippen LogP contribution is 1.89. The molecule has 0 aliphatic heterocycles. The van der Waals surface area contributed by atoms with Crippen LogP contribution in [0.2, 0.25) is 0 Å². The molecule has 0 aromatic rings. The molecule has 0 fully saturated rings. The zero-order valence-electron chi connectivity index (χ0n) is 6.99. The monoisotopic (exact) mass is 172 g/mol. The van der Waals surface area contributed by atoms with Crippen molar-refractivity contribution in [1.29, 1.82) is 0 Å². The average Bonchev–Trinajstić information content (AvgIpc) is 2.05. The second-order valence-electron chi connectivity index (χ2n) is 2.04. The minimum absolute atomic E-state index is 0.0398. The van der Waals surface area contributed by atoms with Gasteiger partial charge in [0.2, 0.25) is 0 Å². The third-order valence-electron chi connectivity index (χ3n) is 1.06. The highest BCUT2D eigenvalue weighted by Gasteiger charge is 1.98. The van der Waals surface area contributed by atoms with Gasteiger partial charge in [-0.25, -0.2) is 4.79 Å². The number of carbonyl (C=O) groups is 2. The van der Waals surface area contributed by atoms with Crippen molar-refractivity contribution in [3.05, 3.63) is 12.2 Å². The lowest BCUT2D eigenvalue weighted by atomic mass is 10.3. The van der Waals surface area contributed by atoms with Crippen LogP contribution in [0.4, 0.5) is 4.79 Å². The molecule has 0 bridgehead atoms. The molecule has 4 nitrogen and oxygen atoms in total. The van der Waals surface area contributed by atoms with Gasteiger partial charge in [-0.1, -0.05) is 25.5 Å². The van der Waals surface area contributed by atoms with Gasteiger partial charge in [0.1, 0.15) is 6.61 Å². The summed E-state index contributed by atoms with van der Waals surface area (Å²) < 4.78 is 8.32. The first-order valence-electron chi connectivity index (χ1n) is 3.73. The summed E-state index contributed by atoms with van der Waals surface area (Å²) in [6, 6.07) is 0. The molecule has 4 heteroatoms. The summed E-state index contributed by atoms with van der Waals surface area (Å²) in [6.07, 6.45) is 4.64. The molecule has 0 aliphatic carbocycles. The third kappa shape index (κ3) is 6.80. The van der Waals surface area contributed by atoms with Gasteiger partial charge in [0.05, 0.1) is 0 Å². The third-order valence-corrected chi connectivity index (χ3v) is 1.06. The van der Waals surface area contributed by atoms with Gasteiger partial charge in [0.25, 0.3) is 0 Å². The molecule has 0 rings (SSSR count). The number of hydrogen-bond acceptors (Lipinski definition) is 4. The molecule has 0 heterocycles. The summed E-state index contributed by atoms with van der Waals surface area (Å²) >= 11 is 0. The summed E-state index contributed by atoms with van der Waals surface area (Å²) in [5, 5.41) is 0. The van der Waals surface area contributed by atoms with E-state index in [-0.39, 0.29) is 13.1 Å². The predicted octanol–water partition coefficient (Wildman–Crippen LogP) is 1.65. The Hall–Kier alpha value is -1.32. The minimum Gasteiger partial charge on any atom is -0.430 e. The van der Waals surface area contributed by atoms with Crippen LogP contribution in [-0.4, -0.2) is 19.2 Å². The second kappa shape index (κ2) is 7.78. The molecule has 0 unspecified atom stereocenters.